The third-order valence-corrected chi connectivity index (χ3v) is 2.91. The first-order valence-corrected chi connectivity index (χ1v) is 5.46. The Morgan fingerprint density at radius 3 is 2.29 bits per heavy atom. The maximum Gasteiger partial charge on any atom is 0.235 e. The largest absolute Gasteiger partial charge is 0.337 e. The fourth-order valence-electron chi connectivity index (χ4n) is 2.11. The molecule has 2 N–H and O–H groups in total. The van der Waals surface area contributed by atoms with Crippen molar-refractivity contribution in [3.8, 4) is 0 Å². The first-order valence-electron chi connectivity index (χ1n) is 5.46. The summed E-state index contributed by atoms with van der Waals surface area (Å²) in [6, 6.07) is 0. The van der Waals surface area contributed by atoms with Gasteiger partial charge >= 0.3 is 0 Å². The predicted molar refractivity (Wildman–Crippen MR) is 57.0 cm³/mol. The van der Waals surface area contributed by atoms with Gasteiger partial charge in [-0.2, -0.15) is 0 Å². The van der Waals surface area contributed by atoms with Crippen molar-refractivity contribution in [3.63, 3.8) is 0 Å². The highest BCUT2D eigenvalue weighted by atomic mass is 16.2. The Bertz CT molecular complexity index is 200. The molecular weight excluding hydrogens is 178 g/mol. The van der Waals surface area contributed by atoms with Gasteiger partial charge in [-0.1, -0.05) is 13.8 Å². The lowest BCUT2D eigenvalue weighted by Crippen LogP contribution is -2.56. The Kier molecular flexibility index (Phi) is 3.89. The van der Waals surface area contributed by atoms with E-state index in [0.717, 1.165) is 25.9 Å². The number of piperidine rings is 1. The van der Waals surface area contributed by atoms with Gasteiger partial charge in [0.15, 0.2) is 0 Å². The lowest BCUT2D eigenvalue weighted by atomic mass is 9.98. The van der Waals surface area contributed by atoms with E-state index in [1.807, 2.05) is 20.9 Å². The third-order valence-electron chi connectivity index (χ3n) is 2.91. The highest BCUT2D eigenvalue weighted by Gasteiger charge is 2.42. The van der Waals surface area contributed by atoms with Gasteiger partial charge in [0.2, 0.25) is 5.91 Å². The monoisotopic (exact) mass is 199 g/mol. The first-order chi connectivity index (χ1) is 6.73. The van der Waals surface area contributed by atoms with Crippen molar-refractivity contribution in [1.82, 2.24) is 15.5 Å². The number of likely N-dealkylation sites (N-methyl/N-ethyl adjacent to an activating group) is 1. The van der Waals surface area contributed by atoms with Gasteiger partial charge in [0.05, 0.1) is 12.2 Å². The average molecular weight is 199 g/mol. The molecule has 82 valence electrons. The van der Waals surface area contributed by atoms with E-state index >= 15 is 0 Å². The first kappa shape index (κ1) is 11.5. The normalized spacial score (nSPS) is 25.5. The molecule has 0 aromatic carbocycles. The zero-order chi connectivity index (χ0) is 10.6. The summed E-state index contributed by atoms with van der Waals surface area (Å²) in [7, 11) is 2.02. The van der Waals surface area contributed by atoms with Crippen molar-refractivity contribution in [2.45, 2.75) is 32.4 Å². The number of carbonyl (C=O) groups excluding carboxylic acids is 1. The SMILES string of the molecule is CC.CN1CC(=O)NC12CCNCC2. The van der Waals surface area contributed by atoms with Crippen molar-refractivity contribution >= 4 is 5.91 Å². The number of hydrogen-bond donors (Lipinski definition) is 2. The van der Waals surface area contributed by atoms with Crippen molar-refractivity contribution in [3.05, 3.63) is 0 Å². The molecule has 0 aliphatic carbocycles. The molecule has 2 heterocycles. The average Bonchev–Trinajstić information content (AvgIpc) is 2.46. The fraction of sp³-hybridized carbons (Fsp3) is 0.900. The Morgan fingerprint density at radius 1 is 1.29 bits per heavy atom. The Balaban J connectivity index is 0.000000461. The molecule has 2 fully saturated rings. The van der Waals surface area contributed by atoms with E-state index in [1.165, 1.54) is 0 Å². The molecule has 2 rings (SSSR count). The van der Waals surface area contributed by atoms with E-state index in [4.69, 9.17) is 0 Å². The molecular formula is C10H21N3O. The number of rotatable bonds is 0. The molecule has 4 heteroatoms. The maximum absolute atomic E-state index is 11.2. The van der Waals surface area contributed by atoms with Gasteiger partial charge in [-0.15, -0.1) is 0 Å². The zero-order valence-corrected chi connectivity index (χ0v) is 9.39. The van der Waals surface area contributed by atoms with Gasteiger partial charge in [0, 0.05) is 0 Å². The number of hydrogen-bond acceptors (Lipinski definition) is 3. The number of nitrogens with one attached hydrogen (secondary N) is 2. The standard InChI is InChI=1S/C8H15N3O.C2H6/c1-11-6-7(12)10-8(11)2-4-9-5-3-8;1-2/h9H,2-6H2,1H3,(H,10,12);1-2H3. The molecule has 2 aliphatic heterocycles. The second-order valence-corrected chi connectivity index (χ2v) is 3.69. The molecule has 0 aromatic rings. The van der Waals surface area contributed by atoms with Crippen molar-refractivity contribution < 1.29 is 4.79 Å². The van der Waals surface area contributed by atoms with Gasteiger partial charge in [-0.3, -0.25) is 9.69 Å². The summed E-state index contributed by atoms with van der Waals surface area (Å²) in [5, 5.41) is 6.36. The molecule has 2 aliphatic rings. The summed E-state index contributed by atoms with van der Waals surface area (Å²) < 4.78 is 0. The van der Waals surface area contributed by atoms with Crippen molar-refractivity contribution in [2.24, 2.45) is 0 Å². The Labute approximate surface area is 86.0 Å². The zero-order valence-electron chi connectivity index (χ0n) is 9.39. The summed E-state index contributed by atoms with van der Waals surface area (Å²) >= 11 is 0. The van der Waals surface area contributed by atoms with E-state index < -0.39 is 0 Å². The van der Waals surface area contributed by atoms with Crippen LogP contribution in [-0.4, -0.2) is 43.2 Å². The minimum Gasteiger partial charge on any atom is -0.337 e. The molecule has 14 heavy (non-hydrogen) atoms. The molecule has 0 atom stereocenters. The van der Waals surface area contributed by atoms with Crippen LogP contribution in [0.2, 0.25) is 0 Å². The summed E-state index contributed by atoms with van der Waals surface area (Å²) in [6.07, 6.45) is 2.05. The van der Waals surface area contributed by atoms with Crippen LogP contribution in [0.4, 0.5) is 0 Å². The molecule has 0 aromatic heterocycles. The van der Waals surface area contributed by atoms with Crippen LogP contribution in [0.15, 0.2) is 0 Å². The fourth-order valence-corrected chi connectivity index (χ4v) is 2.11. The smallest absolute Gasteiger partial charge is 0.235 e. The third kappa shape index (κ3) is 2.07. The van der Waals surface area contributed by atoms with Crippen LogP contribution >= 0.6 is 0 Å². The highest BCUT2D eigenvalue weighted by Crippen LogP contribution is 2.25. The molecule has 1 amide bonds. The molecule has 2 saturated heterocycles. The van der Waals surface area contributed by atoms with Gasteiger partial charge in [-0.25, -0.2) is 0 Å². The van der Waals surface area contributed by atoms with Crippen LogP contribution in [0.3, 0.4) is 0 Å². The van der Waals surface area contributed by atoms with Crippen molar-refractivity contribution in [2.75, 3.05) is 26.7 Å². The lowest BCUT2D eigenvalue weighted by Gasteiger charge is -2.38. The molecule has 0 unspecified atom stereocenters. The lowest BCUT2D eigenvalue weighted by molar-refractivity contribution is -0.119. The van der Waals surface area contributed by atoms with Gasteiger partial charge in [0.25, 0.3) is 0 Å². The van der Waals surface area contributed by atoms with Crippen LogP contribution in [0.25, 0.3) is 0 Å². The van der Waals surface area contributed by atoms with Crippen LogP contribution in [0, 0.1) is 0 Å². The topological polar surface area (TPSA) is 44.4 Å². The van der Waals surface area contributed by atoms with Crippen LogP contribution < -0.4 is 10.6 Å². The summed E-state index contributed by atoms with van der Waals surface area (Å²) in [6.45, 7) is 6.56. The summed E-state index contributed by atoms with van der Waals surface area (Å²) in [4.78, 5) is 13.3. The second kappa shape index (κ2) is 4.75. The molecule has 0 saturated carbocycles. The van der Waals surface area contributed by atoms with Crippen molar-refractivity contribution in [1.29, 1.82) is 0 Å². The minimum atomic E-state index is -0.0255. The second-order valence-electron chi connectivity index (χ2n) is 3.69. The van der Waals surface area contributed by atoms with E-state index in [1.54, 1.807) is 0 Å². The van der Waals surface area contributed by atoms with Gasteiger partial charge in [0.1, 0.15) is 0 Å². The van der Waals surface area contributed by atoms with Crippen LogP contribution in [0.1, 0.15) is 26.7 Å². The van der Waals surface area contributed by atoms with E-state index in [-0.39, 0.29) is 11.6 Å². The maximum atomic E-state index is 11.2. The molecule has 1 spiro atoms. The molecule has 4 nitrogen and oxygen atoms in total. The number of amides is 1. The van der Waals surface area contributed by atoms with Gasteiger partial charge < -0.3 is 10.6 Å². The number of carbonyl (C=O) groups is 1. The summed E-state index contributed by atoms with van der Waals surface area (Å²) in [5.41, 5.74) is -0.0255. The summed E-state index contributed by atoms with van der Waals surface area (Å²) in [5.74, 6) is 0.166. The molecule has 0 radical (unpaired) electrons. The van der Waals surface area contributed by atoms with Gasteiger partial charge in [-0.05, 0) is 33.0 Å². The highest BCUT2D eigenvalue weighted by molar-refractivity contribution is 5.81. The molecule has 0 bridgehead atoms. The van der Waals surface area contributed by atoms with E-state index in [9.17, 15) is 4.79 Å². The number of nitrogens with zero attached hydrogens (tertiary/aromatic N) is 1. The Morgan fingerprint density at radius 2 is 1.86 bits per heavy atom. The quantitative estimate of drug-likeness (QED) is 0.584. The van der Waals surface area contributed by atoms with Crippen LogP contribution in [0.5, 0.6) is 0 Å². The Hall–Kier alpha value is -0.610. The minimum absolute atomic E-state index is 0.0255. The predicted octanol–water partition coefficient (Wildman–Crippen LogP) is 0.154. The van der Waals surface area contributed by atoms with Crippen LogP contribution in [-0.2, 0) is 4.79 Å². The van der Waals surface area contributed by atoms with E-state index in [0.29, 0.717) is 6.54 Å². The van der Waals surface area contributed by atoms with E-state index in [2.05, 4.69) is 15.5 Å².